The van der Waals surface area contributed by atoms with Crippen LogP contribution in [0.4, 0.5) is 4.39 Å². The minimum atomic E-state index is -0.650. The van der Waals surface area contributed by atoms with E-state index >= 15 is 0 Å². The zero-order valence-corrected chi connectivity index (χ0v) is 17.1. The van der Waals surface area contributed by atoms with Gasteiger partial charge in [-0.15, -0.1) is 0 Å². The number of nitrogens with zero attached hydrogens (tertiary/aromatic N) is 1. The molecule has 0 aromatic heterocycles. The predicted molar refractivity (Wildman–Crippen MR) is 111 cm³/mol. The van der Waals surface area contributed by atoms with E-state index in [9.17, 15) is 14.0 Å². The molecule has 1 N–H and O–H groups in total. The molecule has 0 saturated carbocycles. The average Bonchev–Trinajstić information content (AvgIpc) is 2.73. The Morgan fingerprint density at radius 3 is 2.41 bits per heavy atom. The highest BCUT2D eigenvalue weighted by Gasteiger charge is 2.26. The number of carbonyl (C=O) groups excluding carboxylic acids is 2. The SMILES string of the molecule is CCOCCCNC(=O)C(C)N(Cc1ccc(F)cc1)C(=O)Cc1ccccc1. The Bertz CT molecular complexity index is 765. The third-order valence-electron chi connectivity index (χ3n) is 4.60. The average molecular weight is 400 g/mol. The van der Waals surface area contributed by atoms with Crippen LogP contribution in [0.5, 0.6) is 0 Å². The molecule has 0 fully saturated rings. The fourth-order valence-electron chi connectivity index (χ4n) is 2.92. The number of amides is 2. The molecule has 6 heteroatoms. The van der Waals surface area contributed by atoms with E-state index in [0.717, 1.165) is 11.1 Å². The second-order valence-corrected chi connectivity index (χ2v) is 6.83. The lowest BCUT2D eigenvalue weighted by molar-refractivity contribution is -0.140. The van der Waals surface area contributed by atoms with Crippen LogP contribution in [0.15, 0.2) is 54.6 Å². The maximum Gasteiger partial charge on any atom is 0.242 e. The molecule has 0 aliphatic rings. The third-order valence-corrected chi connectivity index (χ3v) is 4.60. The van der Waals surface area contributed by atoms with E-state index in [-0.39, 0.29) is 30.6 Å². The Morgan fingerprint density at radius 1 is 1.07 bits per heavy atom. The molecule has 0 spiro atoms. The molecular weight excluding hydrogens is 371 g/mol. The summed E-state index contributed by atoms with van der Waals surface area (Å²) in [6.07, 6.45) is 0.909. The van der Waals surface area contributed by atoms with Gasteiger partial charge in [-0.25, -0.2) is 4.39 Å². The number of nitrogens with one attached hydrogen (secondary N) is 1. The summed E-state index contributed by atoms with van der Waals surface area (Å²) in [5.74, 6) is -0.710. The van der Waals surface area contributed by atoms with Crippen molar-refractivity contribution in [1.29, 1.82) is 0 Å². The zero-order valence-electron chi connectivity index (χ0n) is 17.1. The van der Waals surface area contributed by atoms with Crippen LogP contribution in [0.1, 0.15) is 31.4 Å². The van der Waals surface area contributed by atoms with Crippen molar-refractivity contribution in [1.82, 2.24) is 10.2 Å². The van der Waals surface area contributed by atoms with Crippen molar-refractivity contribution in [2.45, 2.75) is 39.3 Å². The molecule has 0 heterocycles. The Balaban J connectivity index is 2.06. The zero-order chi connectivity index (χ0) is 21.1. The molecule has 29 heavy (non-hydrogen) atoms. The minimum absolute atomic E-state index is 0.155. The van der Waals surface area contributed by atoms with E-state index in [1.54, 1.807) is 19.1 Å². The monoisotopic (exact) mass is 400 g/mol. The van der Waals surface area contributed by atoms with Crippen molar-refractivity contribution in [3.63, 3.8) is 0 Å². The van der Waals surface area contributed by atoms with Gasteiger partial charge in [0.1, 0.15) is 11.9 Å². The molecule has 2 amide bonds. The topological polar surface area (TPSA) is 58.6 Å². The van der Waals surface area contributed by atoms with E-state index in [1.165, 1.54) is 17.0 Å². The fourth-order valence-corrected chi connectivity index (χ4v) is 2.92. The molecule has 0 bridgehead atoms. The molecule has 1 unspecified atom stereocenters. The van der Waals surface area contributed by atoms with Crippen molar-refractivity contribution in [3.05, 3.63) is 71.5 Å². The molecule has 156 valence electrons. The van der Waals surface area contributed by atoms with Crippen molar-refractivity contribution < 1.29 is 18.7 Å². The first-order valence-electron chi connectivity index (χ1n) is 9.94. The number of benzene rings is 2. The molecular formula is C23H29FN2O3. The van der Waals surface area contributed by atoms with Gasteiger partial charge in [-0.05, 0) is 43.5 Å². The Hall–Kier alpha value is -2.73. The first-order chi connectivity index (χ1) is 14.0. The first kappa shape index (κ1) is 22.6. The van der Waals surface area contributed by atoms with Crippen molar-refractivity contribution >= 4 is 11.8 Å². The molecule has 0 aliphatic heterocycles. The Labute approximate surface area is 171 Å². The second kappa shape index (κ2) is 12.0. The van der Waals surface area contributed by atoms with Crippen LogP contribution >= 0.6 is 0 Å². The number of hydrogen-bond donors (Lipinski definition) is 1. The van der Waals surface area contributed by atoms with Crippen LogP contribution in [0.2, 0.25) is 0 Å². The number of rotatable bonds is 11. The van der Waals surface area contributed by atoms with Crippen LogP contribution < -0.4 is 5.32 Å². The van der Waals surface area contributed by atoms with Gasteiger partial charge in [-0.2, -0.15) is 0 Å². The van der Waals surface area contributed by atoms with Crippen LogP contribution in [0.3, 0.4) is 0 Å². The van der Waals surface area contributed by atoms with Gasteiger partial charge in [-0.3, -0.25) is 9.59 Å². The third kappa shape index (κ3) is 7.66. The lowest BCUT2D eigenvalue weighted by Gasteiger charge is -2.29. The van der Waals surface area contributed by atoms with E-state index in [4.69, 9.17) is 4.74 Å². The van der Waals surface area contributed by atoms with Gasteiger partial charge in [0, 0.05) is 26.3 Å². The molecule has 0 saturated heterocycles. The summed E-state index contributed by atoms with van der Waals surface area (Å²) < 4.78 is 18.5. The van der Waals surface area contributed by atoms with Crippen LogP contribution in [0.25, 0.3) is 0 Å². The van der Waals surface area contributed by atoms with Gasteiger partial charge in [0.25, 0.3) is 0 Å². The molecule has 5 nitrogen and oxygen atoms in total. The highest BCUT2D eigenvalue weighted by Crippen LogP contribution is 2.13. The minimum Gasteiger partial charge on any atom is -0.382 e. The van der Waals surface area contributed by atoms with E-state index in [1.807, 2.05) is 37.3 Å². The number of hydrogen-bond acceptors (Lipinski definition) is 3. The van der Waals surface area contributed by atoms with Crippen molar-refractivity contribution in [2.75, 3.05) is 19.8 Å². The lowest BCUT2D eigenvalue weighted by Crippen LogP contribution is -2.48. The quantitative estimate of drug-likeness (QED) is 0.589. The highest BCUT2D eigenvalue weighted by molar-refractivity contribution is 5.88. The fraction of sp³-hybridized carbons (Fsp3) is 0.391. The summed E-state index contributed by atoms with van der Waals surface area (Å²) in [4.78, 5) is 27.1. The van der Waals surface area contributed by atoms with Crippen LogP contribution in [-0.4, -0.2) is 42.5 Å². The molecule has 2 aromatic carbocycles. The number of halogens is 1. The molecule has 2 rings (SSSR count). The summed E-state index contributed by atoms with van der Waals surface area (Å²) in [5, 5.41) is 2.86. The van der Waals surface area contributed by atoms with Gasteiger partial charge >= 0.3 is 0 Å². The maximum atomic E-state index is 13.2. The largest absolute Gasteiger partial charge is 0.382 e. The summed E-state index contributed by atoms with van der Waals surface area (Å²) >= 11 is 0. The van der Waals surface area contributed by atoms with E-state index < -0.39 is 6.04 Å². The Kier molecular flexibility index (Phi) is 9.31. The summed E-state index contributed by atoms with van der Waals surface area (Å²) in [6.45, 7) is 5.58. The van der Waals surface area contributed by atoms with Gasteiger partial charge in [-0.1, -0.05) is 42.5 Å². The molecule has 1 atom stereocenters. The van der Waals surface area contributed by atoms with Gasteiger partial charge < -0.3 is 15.0 Å². The second-order valence-electron chi connectivity index (χ2n) is 6.83. The highest BCUT2D eigenvalue weighted by atomic mass is 19.1. The summed E-state index contributed by atoms with van der Waals surface area (Å²) in [7, 11) is 0. The number of ether oxygens (including phenoxy) is 1. The van der Waals surface area contributed by atoms with E-state index in [0.29, 0.717) is 26.2 Å². The maximum absolute atomic E-state index is 13.2. The Morgan fingerprint density at radius 2 is 1.76 bits per heavy atom. The van der Waals surface area contributed by atoms with Crippen molar-refractivity contribution in [3.8, 4) is 0 Å². The normalized spacial score (nSPS) is 11.7. The van der Waals surface area contributed by atoms with Gasteiger partial charge in [0.15, 0.2) is 0 Å². The van der Waals surface area contributed by atoms with Gasteiger partial charge in [0.05, 0.1) is 6.42 Å². The molecule has 0 radical (unpaired) electrons. The van der Waals surface area contributed by atoms with E-state index in [2.05, 4.69) is 5.32 Å². The van der Waals surface area contributed by atoms with Gasteiger partial charge in [0.2, 0.25) is 11.8 Å². The molecule has 2 aromatic rings. The van der Waals surface area contributed by atoms with Crippen molar-refractivity contribution in [2.24, 2.45) is 0 Å². The standard InChI is InChI=1S/C23H29FN2O3/c1-3-29-15-7-14-25-23(28)18(2)26(17-20-10-12-21(24)13-11-20)22(27)16-19-8-5-4-6-9-19/h4-6,8-13,18H,3,7,14-17H2,1-2H3,(H,25,28). The summed E-state index contributed by atoms with van der Waals surface area (Å²) in [5.41, 5.74) is 1.65. The van der Waals surface area contributed by atoms with Crippen LogP contribution in [0, 0.1) is 5.82 Å². The summed E-state index contributed by atoms with van der Waals surface area (Å²) in [6, 6.07) is 14.7. The number of carbonyl (C=O) groups is 2. The lowest BCUT2D eigenvalue weighted by atomic mass is 10.1. The smallest absolute Gasteiger partial charge is 0.242 e. The van der Waals surface area contributed by atoms with Crippen LogP contribution in [-0.2, 0) is 27.3 Å². The molecule has 0 aliphatic carbocycles. The first-order valence-corrected chi connectivity index (χ1v) is 9.94. The predicted octanol–water partition coefficient (Wildman–Crippen LogP) is 3.33.